The van der Waals surface area contributed by atoms with Crippen molar-refractivity contribution in [3.05, 3.63) is 35.1 Å². The molecule has 1 aromatic carbocycles. The number of rotatable bonds is 1. The van der Waals surface area contributed by atoms with Crippen LogP contribution in [0.4, 0.5) is 4.39 Å². The number of fused-ring (bicyclic) bond motifs is 2. The Morgan fingerprint density at radius 3 is 2.80 bits per heavy atom. The molecule has 0 saturated heterocycles. The lowest BCUT2D eigenvalue weighted by atomic mass is 9.77. The highest BCUT2D eigenvalue weighted by atomic mass is 19.1. The van der Waals surface area contributed by atoms with Crippen LogP contribution >= 0.6 is 0 Å². The predicted octanol–water partition coefficient (Wildman–Crippen LogP) is 2.91. The Balaban J connectivity index is 2.12. The van der Waals surface area contributed by atoms with Gasteiger partial charge >= 0.3 is 0 Å². The molecule has 0 radical (unpaired) electrons. The third-order valence-electron chi connectivity index (χ3n) is 4.08. The first-order valence-electron chi connectivity index (χ1n) is 5.72. The second-order valence-electron chi connectivity index (χ2n) is 4.89. The summed E-state index contributed by atoms with van der Waals surface area (Å²) in [6.45, 7) is 0. The molecule has 1 atom stereocenters. The average molecular weight is 205 g/mol. The van der Waals surface area contributed by atoms with Crippen molar-refractivity contribution in [3.8, 4) is 0 Å². The maximum absolute atomic E-state index is 13.3. The van der Waals surface area contributed by atoms with Crippen molar-refractivity contribution in [2.24, 2.45) is 0 Å². The van der Waals surface area contributed by atoms with E-state index in [1.807, 2.05) is 13.1 Å². The number of nitrogens with one attached hydrogen (secondary N) is 1. The number of hydrogen-bond acceptors (Lipinski definition) is 1. The standard InChI is InChI=1S/C13H16FN/c1-15-12-4-5-13(6-7-13)11-8-9(14)2-3-10(11)12/h2-3,8,12,15H,4-7H2,1H3. The zero-order valence-corrected chi connectivity index (χ0v) is 9.02. The summed E-state index contributed by atoms with van der Waals surface area (Å²) < 4.78 is 13.3. The Morgan fingerprint density at radius 2 is 2.13 bits per heavy atom. The van der Waals surface area contributed by atoms with Gasteiger partial charge in [0.15, 0.2) is 0 Å². The van der Waals surface area contributed by atoms with Crippen LogP contribution in [0.2, 0.25) is 0 Å². The number of halogens is 1. The molecular formula is C13H16FN. The van der Waals surface area contributed by atoms with Crippen LogP contribution in [-0.2, 0) is 5.41 Å². The fourth-order valence-corrected chi connectivity index (χ4v) is 2.97. The Labute approximate surface area is 89.7 Å². The molecular weight excluding hydrogens is 189 g/mol. The van der Waals surface area contributed by atoms with Gasteiger partial charge in [-0.25, -0.2) is 4.39 Å². The summed E-state index contributed by atoms with van der Waals surface area (Å²) >= 11 is 0. The zero-order chi connectivity index (χ0) is 10.5. The van der Waals surface area contributed by atoms with Gasteiger partial charge in [0.05, 0.1) is 0 Å². The van der Waals surface area contributed by atoms with Crippen molar-refractivity contribution in [2.75, 3.05) is 7.05 Å². The normalized spacial score (nSPS) is 26.4. The van der Waals surface area contributed by atoms with Gasteiger partial charge in [0, 0.05) is 6.04 Å². The molecule has 1 unspecified atom stereocenters. The molecule has 1 saturated carbocycles. The molecule has 3 rings (SSSR count). The minimum atomic E-state index is -0.0863. The zero-order valence-electron chi connectivity index (χ0n) is 9.02. The van der Waals surface area contributed by atoms with Crippen LogP contribution in [0.5, 0.6) is 0 Å². The minimum absolute atomic E-state index is 0.0863. The lowest BCUT2D eigenvalue weighted by Crippen LogP contribution is -2.27. The molecule has 1 spiro atoms. The molecule has 15 heavy (non-hydrogen) atoms. The van der Waals surface area contributed by atoms with Gasteiger partial charge in [0.2, 0.25) is 0 Å². The van der Waals surface area contributed by atoms with E-state index in [-0.39, 0.29) is 5.82 Å². The second kappa shape index (κ2) is 3.05. The van der Waals surface area contributed by atoms with Crippen LogP contribution in [0.3, 0.4) is 0 Å². The van der Waals surface area contributed by atoms with Gasteiger partial charge in [-0.05, 0) is 61.4 Å². The van der Waals surface area contributed by atoms with Gasteiger partial charge in [-0.2, -0.15) is 0 Å². The van der Waals surface area contributed by atoms with E-state index in [9.17, 15) is 4.39 Å². The summed E-state index contributed by atoms with van der Waals surface area (Å²) in [6, 6.07) is 5.73. The average Bonchev–Trinajstić information content (AvgIpc) is 3.01. The number of hydrogen-bond donors (Lipinski definition) is 1. The Kier molecular flexibility index (Phi) is 1.90. The SMILES string of the molecule is CNC1CCC2(CC2)c2cc(F)ccc21. The molecule has 2 heteroatoms. The van der Waals surface area contributed by atoms with Gasteiger partial charge in [0.1, 0.15) is 5.82 Å². The first-order chi connectivity index (χ1) is 7.25. The van der Waals surface area contributed by atoms with Crippen molar-refractivity contribution in [1.82, 2.24) is 5.32 Å². The molecule has 1 nitrogen and oxygen atoms in total. The van der Waals surface area contributed by atoms with Crippen LogP contribution < -0.4 is 5.32 Å². The fraction of sp³-hybridized carbons (Fsp3) is 0.538. The van der Waals surface area contributed by atoms with Crippen LogP contribution in [0.25, 0.3) is 0 Å². The molecule has 0 bridgehead atoms. The molecule has 0 aromatic heterocycles. The Hall–Kier alpha value is -0.890. The third kappa shape index (κ3) is 1.31. The molecule has 80 valence electrons. The summed E-state index contributed by atoms with van der Waals surface area (Å²) in [7, 11) is 1.99. The van der Waals surface area contributed by atoms with Gasteiger partial charge in [-0.1, -0.05) is 6.07 Å². The molecule has 1 N–H and O–H groups in total. The van der Waals surface area contributed by atoms with E-state index in [0.29, 0.717) is 11.5 Å². The van der Waals surface area contributed by atoms with E-state index in [2.05, 4.69) is 5.32 Å². The van der Waals surface area contributed by atoms with Crippen molar-refractivity contribution in [3.63, 3.8) is 0 Å². The largest absolute Gasteiger partial charge is 0.313 e. The van der Waals surface area contributed by atoms with Crippen LogP contribution in [-0.4, -0.2) is 7.05 Å². The van der Waals surface area contributed by atoms with E-state index in [1.54, 1.807) is 12.1 Å². The number of benzene rings is 1. The molecule has 0 heterocycles. The Bertz CT molecular complexity index is 396. The molecule has 2 aliphatic carbocycles. The van der Waals surface area contributed by atoms with Crippen molar-refractivity contribution in [1.29, 1.82) is 0 Å². The molecule has 2 aliphatic rings. The summed E-state index contributed by atoms with van der Waals surface area (Å²) in [4.78, 5) is 0. The van der Waals surface area contributed by atoms with Crippen molar-refractivity contribution >= 4 is 0 Å². The molecule has 1 aromatic rings. The third-order valence-corrected chi connectivity index (χ3v) is 4.08. The van der Waals surface area contributed by atoms with Gasteiger partial charge < -0.3 is 5.32 Å². The summed E-state index contributed by atoms with van der Waals surface area (Å²) in [5.74, 6) is -0.0863. The van der Waals surface area contributed by atoms with Gasteiger partial charge in [-0.3, -0.25) is 0 Å². The van der Waals surface area contributed by atoms with E-state index >= 15 is 0 Å². The van der Waals surface area contributed by atoms with E-state index in [4.69, 9.17) is 0 Å². The van der Waals surface area contributed by atoms with Crippen LogP contribution in [0.1, 0.15) is 42.9 Å². The lowest BCUT2D eigenvalue weighted by Gasteiger charge is -2.31. The highest BCUT2D eigenvalue weighted by molar-refractivity contribution is 5.43. The van der Waals surface area contributed by atoms with Crippen LogP contribution in [0, 0.1) is 5.82 Å². The molecule has 0 aliphatic heterocycles. The quantitative estimate of drug-likeness (QED) is 0.743. The lowest BCUT2D eigenvalue weighted by molar-refractivity contribution is 0.432. The second-order valence-corrected chi connectivity index (χ2v) is 4.89. The first-order valence-corrected chi connectivity index (χ1v) is 5.72. The van der Waals surface area contributed by atoms with E-state index < -0.39 is 0 Å². The first kappa shape index (κ1) is 9.34. The fourth-order valence-electron chi connectivity index (χ4n) is 2.97. The van der Waals surface area contributed by atoms with Gasteiger partial charge in [-0.15, -0.1) is 0 Å². The summed E-state index contributed by atoms with van der Waals surface area (Å²) in [5, 5.41) is 3.32. The monoisotopic (exact) mass is 205 g/mol. The summed E-state index contributed by atoms with van der Waals surface area (Å²) in [5.41, 5.74) is 2.95. The Morgan fingerprint density at radius 1 is 1.33 bits per heavy atom. The molecule has 0 amide bonds. The van der Waals surface area contributed by atoms with Crippen LogP contribution in [0.15, 0.2) is 18.2 Å². The van der Waals surface area contributed by atoms with Crippen molar-refractivity contribution < 1.29 is 4.39 Å². The van der Waals surface area contributed by atoms with E-state index in [1.165, 1.54) is 36.8 Å². The molecule has 1 fully saturated rings. The van der Waals surface area contributed by atoms with E-state index in [0.717, 1.165) is 0 Å². The maximum atomic E-state index is 13.3. The highest BCUT2D eigenvalue weighted by Crippen LogP contribution is 2.57. The summed E-state index contributed by atoms with van der Waals surface area (Å²) in [6.07, 6.45) is 4.91. The smallest absolute Gasteiger partial charge is 0.123 e. The highest BCUT2D eigenvalue weighted by Gasteiger charge is 2.48. The van der Waals surface area contributed by atoms with Crippen molar-refractivity contribution in [2.45, 2.75) is 37.1 Å². The van der Waals surface area contributed by atoms with Gasteiger partial charge in [0.25, 0.3) is 0 Å². The minimum Gasteiger partial charge on any atom is -0.313 e. The maximum Gasteiger partial charge on any atom is 0.123 e. The predicted molar refractivity (Wildman–Crippen MR) is 58.3 cm³/mol. The topological polar surface area (TPSA) is 12.0 Å².